The second kappa shape index (κ2) is 10.8. The van der Waals surface area contributed by atoms with Gasteiger partial charge in [0, 0.05) is 24.2 Å². The molecule has 0 bridgehead atoms. The fraction of sp³-hybridized carbons (Fsp3) is 0.462. The van der Waals surface area contributed by atoms with Crippen molar-refractivity contribution in [1.82, 2.24) is 25.2 Å². The molecular weight excluding hydrogens is 446 g/mol. The summed E-state index contributed by atoms with van der Waals surface area (Å²) in [6, 6.07) is 12.0. The van der Waals surface area contributed by atoms with Crippen LogP contribution in [0.1, 0.15) is 44.7 Å². The largest absolute Gasteiger partial charge is 0.497 e. The summed E-state index contributed by atoms with van der Waals surface area (Å²) < 4.78 is 12.6. The van der Waals surface area contributed by atoms with Crippen molar-refractivity contribution in [3.8, 4) is 11.5 Å². The van der Waals surface area contributed by atoms with Gasteiger partial charge in [-0.15, -0.1) is 5.10 Å². The van der Waals surface area contributed by atoms with E-state index in [0.717, 1.165) is 30.3 Å². The molecule has 1 heterocycles. The van der Waals surface area contributed by atoms with Crippen LogP contribution in [-0.4, -0.2) is 58.5 Å². The van der Waals surface area contributed by atoms with E-state index in [-0.39, 0.29) is 24.4 Å². The number of nitrogens with zero attached hydrogens (tertiary/aromatic N) is 4. The van der Waals surface area contributed by atoms with Gasteiger partial charge in [-0.2, -0.15) is 0 Å². The summed E-state index contributed by atoms with van der Waals surface area (Å²) >= 11 is 0. The lowest BCUT2D eigenvalue weighted by Crippen LogP contribution is -2.46. The molecule has 2 amide bonds. The normalized spacial score (nSPS) is 14.1. The molecule has 35 heavy (non-hydrogen) atoms. The Balaban J connectivity index is 1.69. The third-order valence-electron chi connectivity index (χ3n) is 6.22. The molecule has 0 spiro atoms. The predicted molar refractivity (Wildman–Crippen MR) is 132 cm³/mol. The number of hydrogen-bond donors (Lipinski definition) is 1. The molecule has 0 aliphatic heterocycles. The number of aromatic nitrogens is 3. The van der Waals surface area contributed by atoms with Crippen LogP contribution in [0.3, 0.4) is 0 Å². The highest BCUT2D eigenvalue weighted by Crippen LogP contribution is 2.39. The Morgan fingerprint density at radius 3 is 2.60 bits per heavy atom. The summed E-state index contributed by atoms with van der Waals surface area (Å²) in [6.45, 7) is 4.74. The van der Waals surface area contributed by atoms with Crippen molar-refractivity contribution in [2.75, 3.05) is 20.8 Å². The Hall–Kier alpha value is -3.62. The second-order valence-electron chi connectivity index (χ2n) is 9.25. The van der Waals surface area contributed by atoms with Crippen LogP contribution in [-0.2, 0) is 16.1 Å². The fourth-order valence-electron chi connectivity index (χ4n) is 4.20. The van der Waals surface area contributed by atoms with Crippen molar-refractivity contribution in [3.05, 3.63) is 48.0 Å². The van der Waals surface area contributed by atoms with E-state index in [9.17, 15) is 9.59 Å². The van der Waals surface area contributed by atoms with Crippen molar-refractivity contribution in [3.63, 3.8) is 0 Å². The summed E-state index contributed by atoms with van der Waals surface area (Å²) in [5.74, 6) is 1.15. The number of benzene rings is 2. The maximum atomic E-state index is 13.8. The number of hydrogen-bond acceptors (Lipinski definition) is 6. The van der Waals surface area contributed by atoms with Crippen molar-refractivity contribution < 1.29 is 19.1 Å². The van der Waals surface area contributed by atoms with E-state index in [1.54, 1.807) is 42.0 Å². The molecule has 1 aromatic heterocycles. The molecule has 4 rings (SSSR count). The number of para-hydroxylation sites is 1. The van der Waals surface area contributed by atoms with Gasteiger partial charge in [0.05, 0.1) is 19.7 Å². The minimum atomic E-state index is -0.835. The Labute approximate surface area is 205 Å². The lowest BCUT2D eigenvalue weighted by molar-refractivity contribution is -0.142. The van der Waals surface area contributed by atoms with Crippen molar-refractivity contribution >= 4 is 22.8 Å². The van der Waals surface area contributed by atoms with Crippen LogP contribution >= 0.6 is 0 Å². The number of methoxy groups -OCH3 is 2. The molecule has 186 valence electrons. The molecule has 1 aliphatic carbocycles. The Bertz CT molecular complexity index is 1190. The number of rotatable bonds is 11. The highest BCUT2D eigenvalue weighted by molar-refractivity contribution is 5.90. The summed E-state index contributed by atoms with van der Waals surface area (Å²) in [5, 5.41) is 11.4. The van der Waals surface area contributed by atoms with Crippen LogP contribution in [0.5, 0.6) is 11.5 Å². The zero-order valence-electron chi connectivity index (χ0n) is 20.7. The van der Waals surface area contributed by atoms with Crippen LogP contribution in [0.25, 0.3) is 11.0 Å². The van der Waals surface area contributed by atoms with E-state index >= 15 is 0 Å². The summed E-state index contributed by atoms with van der Waals surface area (Å²) in [4.78, 5) is 29.1. The van der Waals surface area contributed by atoms with Gasteiger partial charge >= 0.3 is 0 Å². The van der Waals surface area contributed by atoms with E-state index in [1.165, 1.54) is 0 Å². The molecule has 1 fully saturated rings. The number of carbonyl (C=O) groups is 2. The van der Waals surface area contributed by atoms with Crippen LogP contribution in [0.15, 0.2) is 42.5 Å². The number of amides is 2. The standard InChI is InChI=1S/C26H33N5O4/c1-17(2)13-14-27-26(33)25(20-12-11-19(34-3)15-23(20)35-4)31(18-9-10-18)24(32)16-30-22-8-6-5-7-21(22)28-29-30/h5-8,11-12,15,17-18,25H,9-10,13-14,16H2,1-4H3,(H,27,33)/t25-/m0/s1. The first-order chi connectivity index (χ1) is 16.9. The molecule has 1 N–H and O–H groups in total. The third kappa shape index (κ3) is 5.55. The number of carbonyl (C=O) groups excluding carboxylic acids is 2. The quantitative estimate of drug-likeness (QED) is 0.453. The summed E-state index contributed by atoms with van der Waals surface area (Å²) in [5.41, 5.74) is 2.12. The van der Waals surface area contributed by atoms with Crippen LogP contribution in [0.4, 0.5) is 0 Å². The molecule has 1 saturated carbocycles. The van der Waals surface area contributed by atoms with Gasteiger partial charge in [0.1, 0.15) is 29.6 Å². The van der Waals surface area contributed by atoms with Crippen molar-refractivity contribution in [2.24, 2.45) is 5.92 Å². The average Bonchev–Trinajstić information content (AvgIpc) is 3.62. The molecule has 2 aromatic carbocycles. The number of nitrogens with one attached hydrogen (secondary N) is 1. The maximum Gasteiger partial charge on any atom is 0.247 e. The molecule has 9 nitrogen and oxygen atoms in total. The molecular formula is C26H33N5O4. The van der Waals surface area contributed by atoms with Crippen LogP contribution in [0, 0.1) is 5.92 Å². The number of fused-ring (bicyclic) bond motifs is 1. The number of ether oxygens (including phenoxy) is 2. The Kier molecular flexibility index (Phi) is 7.53. The van der Waals surface area contributed by atoms with Gasteiger partial charge in [-0.1, -0.05) is 31.2 Å². The molecule has 9 heteroatoms. The minimum absolute atomic E-state index is 0.00867. The lowest BCUT2D eigenvalue weighted by Gasteiger charge is -2.32. The van der Waals surface area contributed by atoms with E-state index in [0.29, 0.717) is 29.5 Å². The first-order valence-corrected chi connectivity index (χ1v) is 12.0. The SMILES string of the molecule is COc1ccc([C@@H](C(=O)NCCC(C)C)N(C(=O)Cn2nnc3ccccc32)C2CC2)c(OC)c1. The minimum Gasteiger partial charge on any atom is -0.497 e. The zero-order chi connectivity index (χ0) is 24.9. The maximum absolute atomic E-state index is 13.8. The molecule has 1 atom stereocenters. The Morgan fingerprint density at radius 1 is 1.14 bits per heavy atom. The van der Waals surface area contributed by atoms with E-state index in [1.807, 2.05) is 24.3 Å². The van der Waals surface area contributed by atoms with Gasteiger partial charge in [-0.05, 0) is 49.4 Å². The van der Waals surface area contributed by atoms with Gasteiger partial charge in [0.25, 0.3) is 0 Å². The predicted octanol–water partition coefficient (Wildman–Crippen LogP) is 3.34. The monoisotopic (exact) mass is 479 g/mol. The fourth-order valence-corrected chi connectivity index (χ4v) is 4.20. The van der Waals surface area contributed by atoms with Gasteiger partial charge < -0.3 is 19.7 Å². The van der Waals surface area contributed by atoms with Crippen LogP contribution < -0.4 is 14.8 Å². The van der Waals surface area contributed by atoms with Crippen molar-refractivity contribution in [2.45, 2.75) is 51.7 Å². The highest BCUT2D eigenvalue weighted by atomic mass is 16.5. The van der Waals surface area contributed by atoms with Crippen LogP contribution in [0.2, 0.25) is 0 Å². The molecule has 0 unspecified atom stereocenters. The molecule has 0 radical (unpaired) electrons. The Morgan fingerprint density at radius 2 is 1.91 bits per heavy atom. The van der Waals surface area contributed by atoms with E-state index < -0.39 is 6.04 Å². The van der Waals surface area contributed by atoms with E-state index in [4.69, 9.17) is 9.47 Å². The molecule has 0 saturated heterocycles. The van der Waals surface area contributed by atoms with Gasteiger partial charge in [0.2, 0.25) is 11.8 Å². The summed E-state index contributed by atoms with van der Waals surface area (Å²) in [6.07, 6.45) is 2.54. The van der Waals surface area contributed by atoms with E-state index in [2.05, 4.69) is 29.5 Å². The average molecular weight is 480 g/mol. The third-order valence-corrected chi connectivity index (χ3v) is 6.22. The topological polar surface area (TPSA) is 98.6 Å². The summed E-state index contributed by atoms with van der Waals surface area (Å²) in [7, 11) is 3.13. The second-order valence-corrected chi connectivity index (χ2v) is 9.25. The first-order valence-electron chi connectivity index (χ1n) is 12.0. The molecule has 1 aliphatic rings. The first kappa shape index (κ1) is 24.5. The van der Waals surface area contributed by atoms with Crippen molar-refractivity contribution in [1.29, 1.82) is 0 Å². The highest BCUT2D eigenvalue weighted by Gasteiger charge is 2.42. The van der Waals surface area contributed by atoms with Gasteiger partial charge in [-0.3, -0.25) is 9.59 Å². The zero-order valence-corrected chi connectivity index (χ0v) is 20.7. The van der Waals surface area contributed by atoms with Gasteiger partial charge in [-0.25, -0.2) is 4.68 Å². The lowest BCUT2D eigenvalue weighted by atomic mass is 10.0. The molecule has 3 aromatic rings. The smallest absolute Gasteiger partial charge is 0.247 e. The van der Waals surface area contributed by atoms with Gasteiger partial charge in [0.15, 0.2) is 0 Å².